The fourth-order valence-electron chi connectivity index (χ4n) is 4.26. The lowest BCUT2D eigenvalue weighted by molar-refractivity contribution is 0.00167. The average molecular weight is 496 g/mol. The number of halogens is 2. The van der Waals surface area contributed by atoms with Gasteiger partial charge in [-0.05, 0) is 43.2 Å². The minimum Gasteiger partial charge on any atom is -0.381 e. The lowest BCUT2D eigenvalue weighted by atomic mass is 9.97. The van der Waals surface area contributed by atoms with Crippen LogP contribution in [0.25, 0.3) is 0 Å². The SMILES string of the molecule is Cc1cc(NC(=O)c2ccc(F)cc2Cl)sc1C(=O)NCC(C1CCOC1)N1CCOCC1. The largest absolute Gasteiger partial charge is 0.381 e. The Morgan fingerprint density at radius 2 is 2.00 bits per heavy atom. The molecule has 1 aromatic heterocycles. The van der Waals surface area contributed by atoms with E-state index in [1.54, 1.807) is 6.07 Å². The van der Waals surface area contributed by atoms with Gasteiger partial charge in [0, 0.05) is 38.2 Å². The summed E-state index contributed by atoms with van der Waals surface area (Å²) in [6.45, 7) is 6.90. The monoisotopic (exact) mass is 495 g/mol. The third-order valence-electron chi connectivity index (χ3n) is 6.03. The third-order valence-corrected chi connectivity index (χ3v) is 7.50. The summed E-state index contributed by atoms with van der Waals surface area (Å²) in [5.74, 6) is -0.762. The predicted molar refractivity (Wildman–Crippen MR) is 126 cm³/mol. The molecule has 7 nitrogen and oxygen atoms in total. The van der Waals surface area contributed by atoms with Gasteiger partial charge in [0.2, 0.25) is 0 Å². The highest BCUT2D eigenvalue weighted by Crippen LogP contribution is 2.28. The summed E-state index contributed by atoms with van der Waals surface area (Å²) in [4.78, 5) is 28.4. The Hall–Kier alpha value is -2.04. The second-order valence-electron chi connectivity index (χ2n) is 8.25. The highest BCUT2D eigenvalue weighted by molar-refractivity contribution is 7.18. The smallest absolute Gasteiger partial charge is 0.261 e. The summed E-state index contributed by atoms with van der Waals surface area (Å²) in [5.41, 5.74) is 0.937. The van der Waals surface area contributed by atoms with Gasteiger partial charge in [0.25, 0.3) is 11.8 Å². The molecule has 33 heavy (non-hydrogen) atoms. The molecule has 178 valence electrons. The van der Waals surface area contributed by atoms with Crippen LogP contribution < -0.4 is 10.6 Å². The van der Waals surface area contributed by atoms with Crippen LogP contribution in [0.3, 0.4) is 0 Å². The Bertz CT molecular complexity index is 1010. The van der Waals surface area contributed by atoms with Crippen LogP contribution in [0.15, 0.2) is 24.3 Å². The fourth-order valence-corrected chi connectivity index (χ4v) is 5.50. The van der Waals surface area contributed by atoms with Gasteiger partial charge in [-0.15, -0.1) is 11.3 Å². The van der Waals surface area contributed by atoms with Crippen molar-refractivity contribution in [3.05, 3.63) is 51.1 Å². The van der Waals surface area contributed by atoms with Crippen molar-refractivity contribution < 1.29 is 23.5 Å². The Kier molecular flexibility index (Phi) is 7.98. The molecule has 2 aliphatic heterocycles. The van der Waals surface area contributed by atoms with E-state index in [1.165, 1.54) is 23.5 Å². The highest BCUT2D eigenvalue weighted by atomic mass is 35.5. The molecule has 10 heteroatoms. The maximum absolute atomic E-state index is 13.3. The van der Waals surface area contributed by atoms with E-state index in [0.717, 1.165) is 37.7 Å². The lowest BCUT2D eigenvalue weighted by Gasteiger charge is -2.37. The van der Waals surface area contributed by atoms with Crippen LogP contribution in [0.5, 0.6) is 0 Å². The number of benzene rings is 1. The first-order valence-electron chi connectivity index (χ1n) is 11.0. The number of rotatable bonds is 7. The molecule has 0 spiro atoms. The van der Waals surface area contributed by atoms with Crippen LogP contribution >= 0.6 is 22.9 Å². The predicted octanol–water partition coefficient (Wildman–Crippen LogP) is 3.57. The van der Waals surface area contributed by atoms with Gasteiger partial charge < -0.3 is 20.1 Å². The number of anilines is 1. The van der Waals surface area contributed by atoms with Crippen LogP contribution in [0, 0.1) is 18.7 Å². The second-order valence-corrected chi connectivity index (χ2v) is 9.71. The number of amides is 2. The molecule has 0 saturated carbocycles. The Morgan fingerprint density at radius 3 is 2.70 bits per heavy atom. The quantitative estimate of drug-likeness (QED) is 0.614. The number of nitrogens with zero attached hydrogens (tertiary/aromatic N) is 1. The van der Waals surface area contributed by atoms with Crippen LogP contribution in [0.1, 0.15) is 32.0 Å². The van der Waals surface area contributed by atoms with Crippen molar-refractivity contribution in [1.29, 1.82) is 0 Å². The van der Waals surface area contributed by atoms with Gasteiger partial charge in [-0.2, -0.15) is 0 Å². The number of carbonyl (C=O) groups is 2. The van der Waals surface area contributed by atoms with Gasteiger partial charge in [-0.3, -0.25) is 14.5 Å². The van der Waals surface area contributed by atoms with E-state index in [-0.39, 0.29) is 22.5 Å². The number of ether oxygens (including phenoxy) is 2. The molecule has 4 rings (SSSR count). The number of nitrogens with one attached hydrogen (secondary N) is 2. The first-order chi connectivity index (χ1) is 15.9. The third kappa shape index (κ3) is 5.91. The number of carbonyl (C=O) groups excluding carboxylic acids is 2. The van der Waals surface area contributed by atoms with E-state index >= 15 is 0 Å². The molecule has 2 unspecified atom stereocenters. The summed E-state index contributed by atoms with van der Waals surface area (Å²) in [7, 11) is 0. The van der Waals surface area contributed by atoms with Gasteiger partial charge in [0.15, 0.2) is 0 Å². The van der Waals surface area contributed by atoms with E-state index in [2.05, 4.69) is 15.5 Å². The van der Waals surface area contributed by atoms with Crippen LogP contribution in [0.2, 0.25) is 5.02 Å². The zero-order valence-corrected chi connectivity index (χ0v) is 19.9. The molecule has 2 fully saturated rings. The summed E-state index contributed by atoms with van der Waals surface area (Å²) in [6.07, 6.45) is 0.984. The zero-order chi connectivity index (χ0) is 23.4. The van der Waals surface area contributed by atoms with E-state index in [1.807, 2.05) is 6.92 Å². The summed E-state index contributed by atoms with van der Waals surface area (Å²) < 4.78 is 24.3. The summed E-state index contributed by atoms with van der Waals surface area (Å²) in [5, 5.41) is 6.39. The molecular formula is C23H27ClFN3O4S. The Balaban J connectivity index is 1.40. The average Bonchev–Trinajstić information content (AvgIpc) is 3.44. The highest BCUT2D eigenvalue weighted by Gasteiger charge is 2.32. The van der Waals surface area contributed by atoms with E-state index in [4.69, 9.17) is 21.1 Å². The summed E-state index contributed by atoms with van der Waals surface area (Å²) in [6, 6.07) is 5.55. The molecule has 0 radical (unpaired) electrons. The van der Waals surface area contributed by atoms with Crippen molar-refractivity contribution in [3.63, 3.8) is 0 Å². The van der Waals surface area contributed by atoms with E-state index in [9.17, 15) is 14.0 Å². The van der Waals surface area contributed by atoms with Crippen molar-refractivity contribution in [2.75, 3.05) is 51.4 Å². The van der Waals surface area contributed by atoms with Gasteiger partial charge in [0.05, 0.1) is 40.3 Å². The van der Waals surface area contributed by atoms with Gasteiger partial charge in [-0.25, -0.2) is 4.39 Å². The second kappa shape index (κ2) is 10.9. The first kappa shape index (κ1) is 24.1. The first-order valence-corrected chi connectivity index (χ1v) is 12.2. The molecule has 2 amide bonds. The number of thiophene rings is 1. The molecule has 2 aromatic rings. The minimum absolute atomic E-state index is 0.0313. The van der Waals surface area contributed by atoms with Crippen LogP contribution in [-0.2, 0) is 9.47 Å². The molecule has 0 aliphatic carbocycles. The van der Waals surface area contributed by atoms with Crippen molar-refractivity contribution in [2.45, 2.75) is 19.4 Å². The van der Waals surface area contributed by atoms with Crippen molar-refractivity contribution in [3.8, 4) is 0 Å². The molecule has 2 saturated heterocycles. The normalized spacial score (nSPS) is 19.9. The fraction of sp³-hybridized carbons (Fsp3) is 0.478. The minimum atomic E-state index is -0.512. The number of hydrogen-bond acceptors (Lipinski definition) is 6. The number of hydrogen-bond donors (Lipinski definition) is 2. The maximum atomic E-state index is 13.3. The van der Waals surface area contributed by atoms with Crippen molar-refractivity contribution in [1.82, 2.24) is 10.2 Å². The molecule has 1 aromatic carbocycles. The van der Waals surface area contributed by atoms with Gasteiger partial charge in [0.1, 0.15) is 5.82 Å². The zero-order valence-electron chi connectivity index (χ0n) is 18.4. The van der Waals surface area contributed by atoms with E-state index in [0.29, 0.717) is 42.2 Å². The van der Waals surface area contributed by atoms with E-state index < -0.39 is 11.7 Å². The molecule has 2 N–H and O–H groups in total. The van der Waals surface area contributed by atoms with Crippen LogP contribution in [0.4, 0.5) is 9.39 Å². The lowest BCUT2D eigenvalue weighted by Crippen LogP contribution is -2.52. The Morgan fingerprint density at radius 1 is 1.21 bits per heavy atom. The van der Waals surface area contributed by atoms with Gasteiger partial charge in [-0.1, -0.05) is 11.6 Å². The van der Waals surface area contributed by atoms with Crippen LogP contribution in [-0.4, -0.2) is 68.8 Å². The van der Waals surface area contributed by atoms with Crippen molar-refractivity contribution in [2.24, 2.45) is 5.92 Å². The number of morpholine rings is 1. The van der Waals surface area contributed by atoms with Crippen molar-refractivity contribution >= 4 is 39.8 Å². The number of aryl methyl sites for hydroxylation is 1. The molecule has 0 bridgehead atoms. The molecule has 2 aliphatic rings. The molecular weight excluding hydrogens is 469 g/mol. The molecule has 3 heterocycles. The maximum Gasteiger partial charge on any atom is 0.261 e. The standard InChI is InChI=1S/C23H27ClFN3O4S/c1-14-10-20(27-22(29)17-3-2-16(25)11-18(17)24)33-21(14)23(30)26-12-19(15-4-7-32-13-15)28-5-8-31-9-6-28/h2-3,10-11,15,19H,4-9,12-13H2,1H3,(H,26,30)(H,27,29). The summed E-state index contributed by atoms with van der Waals surface area (Å²) >= 11 is 7.18. The molecule has 2 atom stereocenters. The van der Waals surface area contributed by atoms with Gasteiger partial charge >= 0.3 is 0 Å². The topological polar surface area (TPSA) is 79.9 Å². The Labute approximate surface area is 201 Å².